The summed E-state index contributed by atoms with van der Waals surface area (Å²) in [6, 6.07) is 9.81. The Hall–Kier alpha value is -1.35. The van der Waals surface area contributed by atoms with E-state index < -0.39 is 0 Å². The molecular weight excluding hydrogens is 200 g/mol. The highest BCUT2D eigenvalue weighted by atomic mass is 16.5. The van der Waals surface area contributed by atoms with E-state index in [1.165, 1.54) is 12.8 Å². The van der Waals surface area contributed by atoms with Crippen LogP contribution in [0.5, 0.6) is 0 Å². The van der Waals surface area contributed by atoms with Crippen molar-refractivity contribution in [2.24, 2.45) is 16.6 Å². The maximum atomic E-state index is 5.84. The van der Waals surface area contributed by atoms with Crippen molar-refractivity contribution in [1.82, 2.24) is 0 Å². The van der Waals surface area contributed by atoms with Gasteiger partial charge in [-0.15, -0.1) is 0 Å². The second-order valence-electron chi connectivity index (χ2n) is 4.15. The summed E-state index contributed by atoms with van der Waals surface area (Å²) in [7, 11) is 0. The Morgan fingerprint density at radius 2 is 2.06 bits per heavy atom. The molecule has 0 amide bonds. The molecule has 3 heteroatoms. The molecule has 16 heavy (non-hydrogen) atoms. The van der Waals surface area contributed by atoms with Crippen molar-refractivity contribution >= 4 is 5.84 Å². The van der Waals surface area contributed by atoms with E-state index >= 15 is 0 Å². The van der Waals surface area contributed by atoms with Gasteiger partial charge >= 0.3 is 0 Å². The Morgan fingerprint density at radius 1 is 1.31 bits per heavy atom. The highest BCUT2D eigenvalue weighted by molar-refractivity contribution is 5.97. The molecule has 0 radical (unpaired) electrons. The quantitative estimate of drug-likeness (QED) is 0.450. The Balaban J connectivity index is 1.69. The number of nitrogens with zero attached hydrogens (tertiary/aromatic N) is 1. The van der Waals surface area contributed by atoms with E-state index in [2.05, 4.69) is 4.99 Å². The summed E-state index contributed by atoms with van der Waals surface area (Å²) >= 11 is 0. The zero-order valence-corrected chi connectivity index (χ0v) is 9.43. The Bertz CT molecular complexity index is 344. The number of aliphatic imine (C=N–C) groups is 1. The lowest BCUT2D eigenvalue weighted by Crippen LogP contribution is -2.15. The number of nitrogens with two attached hydrogens (primary N) is 1. The first-order valence-electron chi connectivity index (χ1n) is 5.79. The van der Waals surface area contributed by atoms with Gasteiger partial charge in [0, 0.05) is 12.2 Å². The number of amidine groups is 1. The molecule has 0 saturated heterocycles. The van der Waals surface area contributed by atoms with E-state index in [0.29, 0.717) is 19.0 Å². The lowest BCUT2D eigenvalue weighted by Gasteiger charge is -2.02. The van der Waals surface area contributed by atoms with Crippen molar-refractivity contribution in [2.75, 3.05) is 19.8 Å². The standard InChI is InChI=1S/C13H18N2O/c14-13(12-4-2-1-3-5-12)15-8-9-16-10-11-6-7-11/h1-5,11H,6-10H2,(H2,14,15). The topological polar surface area (TPSA) is 47.6 Å². The third-order valence-corrected chi connectivity index (χ3v) is 2.64. The first kappa shape index (κ1) is 11.1. The van der Waals surface area contributed by atoms with Crippen molar-refractivity contribution in [1.29, 1.82) is 0 Å². The molecule has 86 valence electrons. The fourth-order valence-electron chi connectivity index (χ4n) is 1.47. The average Bonchev–Trinajstić information content (AvgIpc) is 3.13. The van der Waals surface area contributed by atoms with Gasteiger partial charge in [0.05, 0.1) is 13.2 Å². The van der Waals surface area contributed by atoms with Crippen molar-refractivity contribution in [2.45, 2.75) is 12.8 Å². The molecule has 0 spiro atoms. The number of hydrogen-bond donors (Lipinski definition) is 1. The molecule has 1 aliphatic rings. The normalized spacial score (nSPS) is 16.4. The van der Waals surface area contributed by atoms with Crippen LogP contribution in [0, 0.1) is 5.92 Å². The Morgan fingerprint density at radius 3 is 2.75 bits per heavy atom. The van der Waals surface area contributed by atoms with Crippen LogP contribution in [-0.4, -0.2) is 25.6 Å². The zero-order chi connectivity index (χ0) is 11.2. The van der Waals surface area contributed by atoms with Gasteiger partial charge in [0.25, 0.3) is 0 Å². The zero-order valence-electron chi connectivity index (χ0n) is 9.43. The maximum absolute atomic E-state index is 5.84. The van der Waals surface area contributed by atoms with Crippen molar-refractivity contribution in [3.8, 4) is 0 Å². The molecule has 3 nitrogen and oxygen atoms in total. The molecule has 0 bridgehead atoms. The minimum Gasteiger partial charge on any atom is -0.384 e. The number of benzene rings is 1. The molecule has 0 aromatic heterocycles. The van der Waals surface area contributed by atoms with Crippen LogP contribution in [-0.2, 0) is 4.74 Å². The number of ether oxygens (including phenoxy) is 1. The summed E-state index contributed by atoms with van der Waals surface area (Å²) in [6.07, 6.45) is 2.66. The van der Waals surface area contributed by atoms with E-state index in [-0.39, 0.29) is 0 Å². The number of hydrogen-bond acceptors (Lipinski definition) is 2. The van der Waals surface area contributed by atoms with Gasteiger partial charge in [0.2, 0.25) is 0 Å². The molecule has 0 aliphatic heterocycles. The molecule has 0 atom stereocenters. The lowest BCUT2D eigenvalue weighted by atomic mass is 10.2. The second kappa shape index (κ2) is 5.66. The SMILES string of the molecule is NC(=NCCOCC1CC1)c1ccccc1. The molecule has 0 unspecified atom stereocenters. The van der Waals surface area contributed by atoms with Crippen molar-refractivity contribution in [3.05, 3.63) is 35.9 Å². The first-order chi connectivity index (χ1) is 7.86. The molecule has 2 rings (SSSR count). The maximum Gasteiger partial charge on any atom is 0.125 e. The molecule has 1 fully saturated rings. The van der Waals surface area contributed by atoms with Crippen LogP contribution in [0.15, 0.2) is 35.3 Å². The predicted octanol–water partition coefficient (Wildman–Crippen LogP) is 1.82. The average molecular weight is 218 g/mol. The van der Waals surface area contributed by atoms with Gasteiger partial charge in [-0.05, 0) is 18.8 Å². The molecule has 2 N–H and O–H groups in total. The third-order valence-electron chi connectivity index (χ3n) is 2.64. The van der Waals surface area contributed by atoms with Gasteiger partial charge in [-0.2, -0.15) is 0 Å². The molecule has 0 heterocycles. The smallest absolute Gasteiger partial charge is 0.125 e. The van der Waals surface area contributed by atoms with E-state index in [1.807, 2.05) is 30.3 Å². The summed E-state index contributed by atoms with van der Waals surface area (Å²) in [4.78, 5) is 4.28. The fraction of sp³-hybridized carbons (Fsp3) is 0.462. The van der Waals surface area contributed by atoms with Gasteiger partial charge in [0.1, 0.15) is 5.84 Å². The highest BCUT2D eigenvalue weighted by Crippen LogP contribution is 2.28. The van der Waals surface area contributed by atoms with Crippen LogP contribution >= 0.6 is 0 Å². The third kappa shape index (κ3) is 3.66. The van der Waals surface area contributed by atoms with Crippen LogP contribution in [0.25, 0.3) is 0 Å². The molecule has 1 aromatic carbocycles. The minimum absolute atomic E-state index is 0.593. The van der Waals surface area contributed by atoms with Crippen molar-refractivity contribution in [3.63, 3.8) is 0 Å². The largest absolute Gasteiger partial charge is 0.384 e. The monoisotopic (exact) mass is 218 g/mol. The fourth-order valence-corrected chi connectivity index (χ4v) is 1.47. The van der Waals surface area contributed by atoms with Gasteiger partial charge in [-0.3, -0.25) is 4.99 Å². The van der Waals surface area contributed by atoms with E-state index in [9.17, 15) is 0 Å². The predicted molar refractivity (Wildman–Crippen MR) is 65.6 cm³/mol. The van der Waals surface area contributed by atoms with E-state index in [1.54, 1.807) is 0 Å². The van der Waals surface area contributed by atoms with Gasteiger partial charge in [0.15, 0.2) is 0 Å². The van der Waals surface area contributed by atoms with Gasteiger partial charge in [-0.1, -0.05) is 30.3 Å². The van der Waals surface area contributed by atoms with E-state index in [4.69, 9.17) is 10.5 Å². The minimum atomic E-state index is 0.593. The molecular formula is C13H18N2O. The van der Waals surface area contributed by atoms with Gasteiger partial charge in [-0.25, -0.2) is 0 Å². The first-order valence-corrected chi connectivity index (χ1v) is 5.79. The summed E-state index contributed by atoms with van der Waals surface area (Å²) in [5, 5.41) is 0. The van der Waals surface area contributed by atoms with E-state index in [0.717, 1.165) is 18.1 Å². The van der Waals surface area contributed by atoms with Gasteiger partial charge < -0.3 is 10.5 Å². The molecule has 1 aromatic rings. The second-order valence-corrected chi connectivity index (χ2v) is 4.15. The van der Waals surface area contributed by atoms with Crippen LogP contribution in [0.2, 0.25) is 0 Å². The summed E-state index contributed by atoms with van der Waals surface area (Å²) < 4.78 is 5.48. The summed E-state index contributed by atoms with van der Waals surface area (Å²) in [5.41, 5.74) is 6.82. The Kier molecular flexibility index (Phi) is 3.94. The van der Waals surface area contributed by atoms with Crippen LogP contribution in [0.4, 0.5) is 0 Å². The highest BCUT2D eigenvalue weighted by Gasteiger charge is 2.20. The summed E-state index contributed by atoms with van der Waals surface area (Å²) in [6.45, 7) is 2.21. The van der Waals surface area contributed by atoms with Crippen LogP contribution in [0.1, 0.15) is 18.4 Å². The Labute approximate surface area is 96.3 Å². The molecule has 1 saturated carbocycles. The van der Waals surface area contributed by atoms with Crippen LogP contribution < -0.4 is 5.73 Å². The summed E-state index contributed by atoms with van der Waals surface area (Å²) in [5.74, 6) is 1.41. The lowest BCUT2D eigenvalue weighted by molar-refractivity contribution is 0.132. The molecule has 1 aliphatic carbocycles. The van der Waals surface area contributed by atoms with Crippen molar-refractivity contribution < 1.29 is 4.74 Å². The number of rotatable bonds is 6. The van der Waals surface area contributed by atoms with Crippen LogP contribution in [0.3, 0.4) is 0 Å².